The molecular weight excluding hydrogens is 300 g/mol. The highest BCUT2D eigenvalue weighted by Crippen LogP contribution is 2.24. The number of esters is 1. The molecule has 0 aromatic carbocycles. The number of aryl methyl sites for hydroxylation is 1. The van der Waals surface area contributed by atoms with E-state index in [1.165, 1.54) is 11.3 Å². The monoisotopic (exact) mass is 315 g/mol. The zero-order valence-corrected chi connectivity index (χ0v) is 12.5. The number of thiophene rings is 1. The minimum atomic E-state index is -2.84. The molecule has 0 aliphatic heterocycles. The fourth-order valence-corrected chi connectivity index (χ4v) is 2.78. The van der Waals surface area contributed by atoms with Crippen LogP contribution in [0.3, 0.4) is 0 Å². The second-order valence-electron chi connectivity index (χ2n) is 4.22. The quantitative estimate of drug-likeness (QED) is 0.769. The summed E-state index contributed by atoms with van der Waals surface area (Å²) in [6.45, 7) is 3.88. The zero-order chi connectivity index (χ0) is 15.4. The molecule has 0 aliphatic carbocycles. The van der Waals surface area contributed by atoms with Gasteiger partial charge in [0, 0.05) is 9.75 Å². The zero-order valence-electron chi connectivity index (χ0n) is 11.7. The maximum Gasteiger partial charge on any atom is 0.361 e. The minimum absolute atomic E-state index is 0.0964. The molecule has 0 radical (unpaired) electrons. The summed E-state index contributed by atoms with van der Waals surface area (Å²) in [6.07, 6.45) is -1.96. The Kier molecular flexibility index (Phi) is 5.00. The third-order valence-corrected chi connectivity index (χ3v) is 4.03. The predicted octanol–water partition coefficient (Wildman–Crippen LogP) is 3.06. The summed E-state index contributed by atoms with van der Waals surface area (Å²) in [6, 6.07) is 3.82. The van der Waals surface area contributed by atoms with Crippen LogP contribution in [0.15, 0.2) is 12.1 Å². The third-order valence-electron chi connectivity index (χ3n) is 2.82. The Balaban J connectivity index is 2.29. The van der Waals surface area contributed by atoms with Crippen LogP contribution in [0.1, 0.15) is 46.2 Å². The molecule has 21 heavy (non-hydrogen) atoms. The van der Waals surface area contributed by atoms with Gasteiger partial charge in [-0.15, -0.1) is 16.4 Å². The van der Waals surface area contributed by atoms with Crippen molar-refractivity contribution in [2.75, 3.05) is 6.61 Å². The predicted molar refractivity (Wildman–Crippen MR) is 73.7 cm³/mol. The van der Waals surface area contributed by atoms with E-state index in [4.69, 9.17) is 4.74 Å². The highest BCUT2D eigenvalue weighted by molar-refractivity contribution is 7.11. The van der Waals surface area contributed by atoms with Gasteiger partial charge in [0.2, 0.25) is 0 Å². The summed E-state index contributed by atoms with van der Waals surface area (Å²) in [5.41, 5.74) is -0.918. The molecule has 0 saturated heterocycles. The number of alkyl halides is 2. The van der Waals surface area contributed by atoms with Crippen LogP contribution in [0.5, 0.6) is 0 Å². The normalized spacial score (nSPS) is 11.1. The lowest BCUT2D eigenvalue weighted by Gasteiger charge is -2.05. The minimum Gasteiger partial charge on any atom is -0.461 e. The second kappa shape index (κ2) is 6.75. The molecule has 114 valence electrons. The molecule has 0 N–H and O–H groups in total. The molecule has 0 aliphatic rings. The summed E-state index contributed by atoms with van der Waals surface area (Å²) in [5.74, 6) is -0.875. The summed E-state index contributed by atoms with van der Waals surface area (Å²) in [4.78, 5) is 13.7. The molecule has 0 saturated carbocycles. The van der Waals surface area contributed by atoms with Crippen molar-refractivity contribution in [1.82, 2.24) is 15.0 Å². The van der Waals surface area contributed by atoms with Gasteiger partial charge in [-0.1, -0.05) is 12.1 Å². The van der Waals surface area contributed by atoms with E-state index in [1.54, 1.807) is 6.92 Å². The van der Waals surface area contributed by atoms with Crippen LogP contribution in [0.4, 0.5) is 8.78 Å². The fraction of sp³-hybridized carbons (Fsp3) is 0.462. The molecule has 8 heteroatoms. The van der Waals surface area contributed by atoms with Crippen LogP contribution in [-0.4, -0.2) is 27.6 Å². The third kappa shape index (κ3) is 3.44. The van der Waals surface area contributed by atoms with Crippen molar-refractivity contribution >= 4 is 17.3 Å². The van der Waals surface area contributed by atoms with Gasteiger partial charge in [-0.2, -0.15) is 0 Å². The van der Waals surface area contributed by atoms with Gasteiger partial charge >= 0.3 is 5.97 Å². The lowest BCUT2D eigenvalue weighted by atomic mass is 10.3. The van der Waals surface area contributed by atoms with Crippen LogP contribution >= 0.6 is 11.3 Å². The first kappa shape index (κ1) is 15.6. The van der Waals surface area contributed by atoms with Crippen molar-refractivity contribution in [3.63, 3.8) is 0 Å². The highest BCUT2D eigenvalue weighted by atomic mass is 32.1. The second-order valence-corrected chi connectivity index (χ2v) is 5.48. The standard InChI is InChI=1S/C13H15F2N3O2S/c1-3-8-5-6-9(21-8)7-18-11(12(14)15)10(16-17-18)13(19)20-4-2/h5-6,12H,3-4,7H2,1-2H3. The average molecular weight is 315 g/mol. The van der Waals surface area contributed by atoms with Gasteiger partial charge in [-0.3, -0.25) is 0 Å². The summed E-state index contributed by atoms with van der Waals surface area (Å²) >= 11 is 1.53. The van der Waals surface area contributed by atoms with E-state index in [9.17, 15) is 13.6 Å². The van der Waals surface area contributed by atoms with E-state index in [-0.39, 0.29) is 13.2 Å². The molecule has 2 rings (SSSR count). The number of hydrogen-bond acceptors (Lipinski definition) is 5. The summed E-state index contributed by atoms with van der Waals surface area (Å²) in [5, 5.41) is 7.21. The SMILES string of the molecule is CCOC(=O)c1nnn(Cc2ccc(CC)s2)c1C(F)F. The first-order chi connectivity index (χ1) is 10.1. The van der Waals surface area contributed by atoms with Crippen molar-refractivity contribution < 1.29 is 18.3 Å². The van der Waals surface area contributed by atoms with Crippen molar-refractivity contribution in [2.45, 2.75) is 33.2 Å². The number of hydrogen-bond donors (Lipinski definition) is 0. The molecule has 2 aromatic heterocycles. The topological polar surface area (TPSA) is 57.0 Å². The Morgan fingerprint density at radius 2 is 2.10 bits per heavy atom. The highest BCUT2D eigenvalue weighted by Gasteiger charge is 2.27. The van der Waals surface area contributed by atoms with E-state index < -0.39 is 23.8 Å². The first-order valence-electron chi connectivity index (χ1n) is 6.53. The number of ether oxygens (including phenoxy) is 1. The van der Waals surface area contributed by atoms with Crippen LogP contribution < -0.4 is 0 Å². The van der Waals surface area contributed by atoms with Gasteiger partial charge in [0.15, 0.2) is 5.69 Å². The largest absolute Gasteiger partial charge is 0.461 e. The maximum absolute atomic E-state index is 13.2. The van der Waals surface area contributed by atoms with Gasteiger partial charge in [0.1, 0.15) is 5.69 Å². The van der Waals surface area contributed by atoms with Crippen LogP contribution in [-0.2, 0) is 17.7 Å². The average Bonchev–Trinajstić information content (AvgIpc) is 3.06. The van der Waals surface area contributed by atoms with Gasteiger partial charge in [0.05, 0.1) is 13.2 Å². The van der Waals surface area contributed by atoms with E-state index in [0.717, 1.165) is 20.9 Å². The van der Waals surface area contributed by atoms with Crippen LogP contribution in [0.2, 0.25) is 0 Å². The smallest absolute Gasteiger partial charge is 0.361 e. The molecular formula is C13H15F2N3O2S. The van der Waals surface area contributed by atoms with Gasteiger partial charge < -0.3 is 4.74 Å². The van der Waals surface area contributed by atoms with E-state index in [2.05, 4.69) is 10.3 Å². The van der Waals surface area contributed by atoms with Gasteiger partial charge in [-0.05, 0) is 25.5 Å². The lowest BCUT2D eigenvalue weighted by molar-refractivity contribution is 0.0506. The molecule has 0 unspecified atom stereocenters. The number of rotatable bonds is 6. The van der Waals surface area contributed by atoms with Gasteiger partial charge in [-0.25, -0.2) is 18.3 Å². The number of halogens is 2. The van der Waals surface area contributed by atoms with Crippen molar-refractivity contribution in [3.8, 4) is 0 Å². The first-order valence-corrected chi connectivity index (χ1v) is 7.34. The Morgan fingerprint density at radius 3 is 2.67 bits per heavy atom. The molecule has 0 bridgehead atoms. The van der Waals surface area contributed by atoms with E-state index >= 15 is 0 Å². The summed E-state index contributed by atoms with van der Waals surface area (Å²) < 4.78 is 32.2. The molecule has 2 aromatic rings. The van der Waals surface area contributed by atoms with Crippen LogP contribution in [0, 0.1) is 0 Å². The summed E-state index contributed by atoms with van der Waals surface area (Å²) in [7, 11) is 0. The number of carbonyl (C=O) groups excluding carboxylic acids is 1. The lowest BCUT2D eigenvalue weighted by Crippen LogP contribution is -2.11. The van der Waals surface area contributed by atoms with Gasteiger partial charge in [0.25, 0.3) is 6.43 Å². The van der Waals surface area contributed by atoms with Crippen LogP contribution in [0.25, 0.3) is 0 Å². The number of nitrogens with zero attached hydrogens (tertiary/aromatic N) is 3. The maximum atomic E-state index is 13.2. The number of aromatic nitrogens is 3. The number of carbonyl (C=O) groups is 1. The Bertz CT molecular complexity index is 625. The Hall–Kier alpha value is -1.83. The van der Waals surface area contributed by atoms with Crippen molar-refractivity contribution in [1.29, 1.82) is 0 Å². The van der Waals surface area contributed by atoms with Crippen molar-refractivity contribution in [2.24, 2.45) is 0 Å². The van der Waals surface area contributed by atoms with E-state index in [0.29, 0.717) is 0 Å². The molecule has 0 atom stereocenters. The molecule has 2 heterocycles. The van der Waals surface area contributed by atoms with Crippen molar-refractivity contribution in [3.05, 3.63) is 33.3 Å². The van der Waals surface area contributed by atoms with E-state index in [1.807, 2.05) is 19.1 Å². The Labute approximate surface area is 124 Å². The fourth-order valence-electron chi connectivity index (χ4n) is 1.84. The molecule has 0 amide bonds. The molecule has 5 nitrogen and oxygen atoms in total. The Morgan fingerprint density at radius 1 is 1.38 bits per heavy atom. The molecule has 0 fully saturated rings. The molecule has 0 spiro atoms.